The molecule has 53 heavy (non-hydrogen) atoms. The Kier molecular flexibility index (Phi) is 13.8. The second-order valence-corrected chi connectivity index (χ2v) is 14.5. The van der Waals surface area contributed by atoms with Crippen LogP contribution in [0.25, 0.3) is 22.5 Å². The molecule has 0 spiro atoms. The minimum absolute atomic E-state index is 0.0392. The number of hydrogen-bond acceptors (Lipinski definition) is 9. The normalized spacial score (nSPS) is 15.7. The molecule has 2 aliphatic heterocycles. The van der Waals surface area contributed by atoms with Crippen LogP contribution in [0.1, 0.15) is 52.6 Å². The number of nitrogen functional groups attached to an aromatic ring is 1. The van der Waals surface area contributed by atoms with Crippen LogP contribution in [-0.2, 0) is 9.47 Å². The van der Waals surface area contributed by atoms with E-state index in [-0.39, 0.29) is 28.6 Å². The van der Waals surface area contributed by atoms with E-state index in [2.05, 4.69) is 32.3 Å². The molecule has 2 atom stereocenters. The van der Waals surface area contributed by atoms with Crippen molar-refractivity contribution in [1.82, 2.24) is 9.13 Å². The van der Waals surface area contributed by atoms with Gasteiger partial charge in [-0.15, -0.1) is 0 Å². The molecule has 0 unspecified atom stereocenters. The molecule has 2 aromatic heterocycles. The molecular weight excluding hydrogens is 721 g/mol. The van der Waals surface area contributed by atoms with Gasteiger partial charge in [-0.05, 0) is 24.0 Å². The summed E-state index contributed by atoms with van der Waals surface area (Å²) in [7, 11) is 3.31. The minimum Gasteiger partial charge on any atom is -0.492 e. The lowest BCUT2D eigenvalue weighted by molar-refractivity contribution is 0.171. The summed E-state index contributed by atoms with van der Waals surface area (Å²) in [6, 6.07) is 12.1. The van der Waals surface area contributed by atoms with Crippen LogP contribution in [0.15, 0.2) is 64.4 Å². The first kappa shape index (κ1) is 40.0. The number of nitrogens with zero attached hydrogens (tertiary/aromatic N) is 2. The van der Waals surface area contributed by atoms with Crippen molar-refractivity contribution in [3.8, 4) is 45.5 Å². The lowest BCUT2D eigenvalue weighted by Crippen LogP contribution is -2.24. The molecule has 0 radical (unpaired) electrons. The van der Waals surface area contributed by atoms with Crippen LogP contribution in [0.2, 0.25) is 10.0 Å². The fourth-order valence-electron chi connectivity index (χ4n) is 6.29. The van der Waals surface area contributed by atoms with Crippen molar-refractivity contribution in [2.24, 2.45) is 11.8 Å². The smallest absolute Gasteiger partial charge is 0.205 e. The zero-order chi connectivity index (χ0) is 38.2. The number of benzene rings is 2. The molecule has 0 saturated heterocycles. The third-order valence-electron chi connectivity index (χ3n) is 9.26. The van der Waals surface area contributed by atoms with E-state index in [4.69, 9.17) is 57.4 Å². The Labute approximate surface area is 320 Å². The Morgan fingerprint density at radius 3 is 1.72 bits per heavy atom. The van der Waals surface area contributed by atoms with Gasteiger partial charge < -0.3 is 43.3 Å². The van der Waals surface area contributed by atoms with E-state index in [1.54, 1.807) is 50.7 Å². The summed E-state index contributed by atoms with van der Waals surface area (Å²) in [5, 5.41) is 0.962. The van der Waals surface area contributed by atoms with Crippen molar-refractivity contribution in [3.63, 3.8) is 0 Å². The van der Waals surface area contributed by atoms with Gasteiger partial charge in [-0.2, -0.15) is 0 Å². The van der Waals surface area contributed by atoms with Gasteiger partial charge in [0.2, 0.25) is 5.43 Å². The SMILES string of the molecule is COCCCOc1cc2c(cc1Cl)-c1cc(=O)c(N)cn1[C@H](C(C)C)CO2.COCCCOc1cc2c(cc1Cl)-c1cc(=O)ccn1[C@H](C(C)C)CO2. The first-order valence-corrected chi connectivity index (χ1v) is 18.6. The van der Waals surface area contributed by atoms with Crippen LogP contribution in [0.4, 0.5) is 5.69 Å². The fourth-order valence-corrected chi connectivity index (χ4v) is 6.73. The molecule has 4 aromatic rings. The highest BCUT2D eigenvalue weighted by Crippen LogP contribution is 2.43. The maximum Gasteiger partial charge on any atom is 0.205 e. The third kappa shape index (κ3) is 9.51. The predicted molar refractivity (Wildman–Crippen MR) is 209 cm³/mol. The Bertz CT molecular complexity index is 1990. The number of nitrogens with two attached hydrogens (primary N) is 1. The topological polar surface area (TPSA) is 125 Å². The second kappa shape index (κ2) is 18.2. The lowest BCUT2D eigenvalue weighted by atomic mass is 10.0. The van der Waals surface area contributed by atoms with E-state index < -0.39 is 0 Å². The first-order chi connectivity index (χ1) is 25.4. The number of anilines is 1. The van der Waals surface area contributed by atoms with E-state index >= 15 is 0 Å². The quantitative estimate of drug-likeness (QED) is 0.143. The Hall–Kier alpha value is -4.16. The number of aromatic nitrogens is 2. The Morgan fingerprint density at radius 2 is 1.23 bits per heavy atom. The molecular formula is C40H49Cl2N3O8. The number of hydrogen-bond donors (Lipinski definition) is 1. The minimum atomic E-state index is -0.215. The summed E-state index contributed by atoms with van der Waals surface area (Å²) in [5.41, 5.74) is 8.97. The molecule has 4 heterocycles. The zero-order valence-electron chi connectivity index (χ0n) is 31.2. The predicted octanol–water partition coefficient (Wildman–Crippen LogP) is 7.93. The van der Waals surface area contributed by atoms with Gasteiger partial charge in [0, 0.05) is 94.1 Å². The zero-order valence-corrected chi connectivity index (χ0v) is 32.7. The number of halogens is 2. The molecule has 6 rings (SSSR count). The maximum absolute atomic E-state index is 12.2. The van der Waals surface area contributed by atoms with Crippen LogP contribution >= 0.6 is 23.2 Å². The second-order valence-electron chi connectivity index (χ2n) is 13.7. The van der Waals surface area contributed by atoms with Crippen LogP contribution in [-0.4, -0.2) is 63.0 Å². The molecule has 0 saturated carbocycles. The Balaban J connectivity index is 0.000000204. The maximum atomic E-state index is 12.2. The largest absolute Gasteiger partial charge is 0.492 e. The van der Waals surface area contributed by atoms with Crippen LogP contribution in [0, 0.1) is 11.8 Å². The highest BCUT2D eigenvalue weighted by Gasteiger charge is 2.28. The third-order valence-corrected chi connectivity index (χ3v) is 9.85. The first-order valence-electron chi connectivity index (χ1n) is 17.8. The summed E-state index contributed by atoms with van der Waals surface area (Å²) in [6.45, 7) is 11.7. The van der Waals surface area contributed by atoms with E-state index in [1.807, 2.05) is 22.9 Å². The molecule has 0 bridgehead atoms. The molecule has 0 aliphatic carbocycles. The van der Waals surface area contributed by atoms with Crippen LogP contribution in [0.5, 0.6) is 23.0 Å². The van der Waals surface area contributed by atoms with Crippen molar-refractivity contribution in [2.75, 3.05) is 59.6 Å². The number of methoxy groups -OCH3 is 2. The van der Waals surface area contributed by atoms with Crippen molar-refractivity contribution in [3.05, 3.63) is 85.4 Å². The Morgan fingerprint density at radius 1 is 0.736 bits per heavy atom. The van der Waals surface area contributed by atoms with Crippen LogP contribution in [0.3, 0.4) is 0 Å². The average molecular weight is 771 g/mol. The molecule has 0 fully saturated rings. The number of rotatable bonds is 12. The van der Waals surface area contributed by atoms with Gasteiger partial charge in [0.15, 0.2) is 5.43 Å². The molecule has 2 aliphatic rings. The van der Waals surface area contributed by atoms with E-state index in [1.165, 1.54) is 0 Å². The molecule has 13 heteroatoms. The molecule has 286 valence electrons. The fraction of sp³-hybridized carbons (Fsp3) is 0.450. The number of pyridine rings is 2. The van der Waals surface area contributed by atoms with Gasteiger partial charge in [0.05, 0.1) is 52.4 Å². The van der Waals surface area contributed by atoms with E-state index in [9.17, 15) is 9.59 Å². The molecule has 2 aromatic carbocycles. The van der Waals surface area contributed by atoms with Crippen molar-refractivity contribution in [1.29, 1.82) is 0 Å². The molecule has 2 N–H and O–H groups in total. The molecule has 0 amide bonds. The summed E-state index contributed by atoms with van der Waals surface area (Å²) in [6.07, 6.45) is 5.07. The standard InChI is InChI=1S/C20H25ClN2O4.C20H24ClNO4/c1-12(2)17-11-27-19-9-20(26-6-4-5-25-3)14(21)7-13(19)16-8-18(24)15(22)10-23(16)17;1-13(2)18-12-26-19-11-20(25-8-4-7-24-3)16(21)10-15(19)17-9-14(23)5-6-22(17)18/h7-10,12,17H,4-6,11,22H2,1-3H3;5-6,9-11,13,18H,4,7-8,12H2,1-3H3/t17-;18-/m00/s1. The summed E-state index contributed by atoms with van der Waals surface area (Å²) >= 11 is 12.9. The van der Waals surface area contributed by atoms with Gasteiger partial charge >= 0.3 is 0 Å². The summed E-state index contributed by atoms with van der Waals surface area (Å²) in [4.78, 5) is 24.2. The lowest BCUT2D eigenvalue weighted by Gasteiger charge is -2.24. The number of ether oxygens (including phenoxy) is 6. The van der Waals surface area contributed by atoms with Gasteiger partial charge in [0.1, 0.15) is 36.2 Å². The summed E-state index contributed by atoms with van der Waals surface area (Å²) in [5.74, 6) is 3.10. The van der Waals surface area contributed by atoms with Crippen molar-refractivity contribution in [2.45, 2.75) is 52.6 Å². The van der Waals surface area contributed by atoms with Gasteiger partial charge in [-0.1, -0.05) is 50.9 Å². The highest BCUT2D eigenvalue weighted by atomic mass is 35.5. The van der Waals surface area contributed by atoms with Gasteiger partial charge in [-0.3, -0.25) is 9.59 Å². The van der Waals surface area contributed by atoms with E-state index in [0.29, 0.717) is 84.5 Å². The average Bonchev–Trinajstić information content (AvgIpc) is 3.36. The molecule has 11 nitrogen and oxygen atoms in total. The monoisotopic (exact) mass is 769 g/mol. The van der Waals surface area contributed by atoms with Crippen LogP contribution < -0.4 is 35.5 Å². The van der Waals surface area contributed by atoms with E-state index in [0.717, 1.165) is 35.4 Å². The number of fused-ring (bicyclic) bond motifs is 6. The van der Waals surface area contributed by atoms with Crippen molar-refractivity contribution < 1.29 is 28.4 Å². The van der Waals surface area contributed by atoms with Gasteiger partial charge in [0.25, 0.3) is 0 Å². The van der Waals surface area contributed by atoms with Gasteiger partial charge in [-0.25, -0.2) is 0 Å². The van der Waals surface area contributed by atoms with Crippen molar-refractivity contribution >= 4 is 28.9 Å². The highest BCUT2D eigenvalue weighted by molar-refractivity contribution is 6.32. The summed E-state index contributed by atoms with van der Waals surface area (Å²) < 4.78 is 37.9.